The molecule has 0 radical (unpaired) electrons. The Morgan fingerprint density at radius 2 is 2.00 bits per heavy atom. The molecule has 0 amide bonds. The largest absolute Gasteiger partial charge is 0.299 e. The Hall–Kier alpha value is -1.73. The Kier molecular flexibility index (Phi) is 4.62. The van der Waals surface area contributed by atoms with Crippen molar-refractivity contribution in [3.05, 3.63) is 35.4 Å². The third kappa shape index (κ3) is 3.44. The van der Waals surface area contributed by atoms with E-state index >= 15 is 0 Å². The summed E-state index contributed by atoms with van der Waals surface area (Å²) in [5, 5.41) is 2.66. The van der Waals surface area contributed by atoms with Crippen LogP contribution in [0.3, 0.4) is 0 Å². The predicted octanol–water partition coefficient (Wildman–Crippen LogP) is 1.30. The molecule has 0 unspecified atom stereocenters. The summed E-state index contributed by atoms with van der Waals surface area (Å²) >= 11 is 0. The zero-order chi connectivity index (χ0) is 12.0. The number of nitrogens with one attached hydrogen (secondary N) is 1. The van der Waals surface area contributed by atoms with Crippen molar-refractivity contribution >= 4 is 5.78 Å². The minimum absolute atomic E-state index is 0.0119. The first-order valence-electron chi connectivity index (χ1n) is 4.74. The molecule has 1 rings (SSSR count). The number of hydrogen-bond acceptors (Lipinski definition) is 2. The fourth-order valence-corrected chi connectivity index (χ4v) is 1.23. The van der Waals surface area contributed by atoms with Gasteiger partial charge in [-0.1, -0.05) is 12.0 Å². The van der Waals surface area contributed by atoms with Gasteiger partial charge in [-0.15, -0.1) is 6.42 Å². The molecule has 0 spiro atoms. The smallest absolute Gasteiger partial charge is 0.151 e. The van der Waals surface area contributed by atoms with Crippen LogP contribution in [-0.2, 0) is 11.2 Å². The Balaban J connectivity index is 2.60. The molecular weight excluding hydrogens is 212 g/mol. The number of hydrogen-bond donors (Lipinski definition) is 1. The molecule has 0 saturated carbocycles. The maximum absolute atomic E-state index is 13.2. The first kappa shape index (κ1) is 12.3. The van der Waals surface area contributed by atoms with Crippen molar-refractivity contribution < 1.29 is 13.6 Å². The van der Waals surface area contributed by atoms with E-state index in [-0.39, 0.29) is 30.9 Å². The number of benzene rings is 1. The molecule has 4 heteroatoms. The molecule has 0 saturated heterocycles. The van der Waals surface area contributed by atoms with E-state index in [9.17, 15) is 13.6 Å². The summed E-state index contributed by atoms with van der Waals surface area (Å²) in [4.78, 5) is 11.3. The van der Waals surface area contributed by atoms with E-state index in [0.717, 1.165) is 12.1 Å². The Morgan fingerprint density at radius 3 is 2.56 bits per heavy atom. The molecule has 0 atom stereocenters. The second-order valence-electron chi connectivity index (χ2n) is 3.22. The van der Waals surface area contributed by atoms with Gasteiger partial charge < -0.3 is 0 Å². The fourth-order valence-electron chi connectivity index (χ4n) is 1.23. The molecule has 1 N–H and O–H groups in total. The van der Waals surface area contributed by atoms with E-state index in [1.54, 1.807) is 0 Å². The second kappa shape index (κ2) is 5.99. The lowest BCUT2D eigenvalue weighted by Crippen LogP contribution is -2.25. The van der Waals surface area contributed by atoms with E-state index in [4.69, 9.17) is 6.42 Å². The van der Waals surface area contributed by atoms with Crippen molar-refractivity contribution in [3.8, 4) is 12.3 Å². The van der Waals surface area contributed by atoms with Crippen LogP contribution in [0.2, 0.25) is 0 Å². The first-order chi connectivity index (χ1) is 7.65. The summed E-state index contributed by atoms with van der Waals surface area (Å²) in [6.45, 7) is 0.267. The van der Waals surface area contributed by atoms with Gasteiger partial charge in [0.2, 0.25) is 0 Å². The number of ketones is 1. The summed E-state index contributed by atoms with van der Waals surface area (Å²) < 4.78 is 26.3. The quantitative estimate of drug-likeness (QED) is 0.602. The number of carbonyl (C=O) groups is 1. The van der Waals surface area contributed by atoms with E-state index in [1.807, 2.05) is 0 Å². The zero-order valence-corrected chi connectivity index (χ0v) is 8.59. The van der Waals surface area contributed by atoms with E-state index < -0.39 is 11.6 Å². The summed E-state index contributed by atoms with van der Waals surface area (Å²) in [5.74, 6) is 0.585. The van der Waals surface area contributed by atoms with Crippen LogP contribution in [0.1, 0.15) is 5.56 Å². The van der Waals surface area contributed by atoms with Crippen LogP contribution in [0.15, 0.2) is 18.2 Å². The summed E-state index contributed by atoms with van der Waals surface area (Å²) in [6.07, 6.45) is 4.70. The van der Waals surface area contributed by atoms with Gasteiger partial charge in [-0.2, -0.15) is 0 Å². The van der Waals surface area contributed by atoms with E-state index in [0.29, 0.717) is 0 Å². The lowest BCUT2D eigenvalue weighted by atomic mass is 10.1. The summed E-state index contributed by atoms with van der Waals surface area (Å²) in [5.41, 5.74) is -0.199. The number of halogens is 2. The van der Waals surface area contributed by atoms with Crippen LogP contribution in [-0.4, -0.2) is 18.9 Å². The Morgan fingerprint density at radius 1 is 1.38 bits per heavy atom. The van der Waals surface area contributed by atoms with E-state index in [2.05, 4.69) is 11.2 Å². The van der Waals surface area contributed by atoms with Crippen LogP contribution in [0.4, 0.5) is 8.78 Å². The third-order valence-corrected chi connectivity index (χ3v) is 1.98. The average molecular weight is 223 g/mol. The monoisotopic (exact) mass is 223 g/mol. The van der Waals surface area contributed by atoms with Gasteiger partial charge in [0.05, 0.1) is 13.1 Å². The molecule has 1 aromatic rings. The Labute approximate surface area is 92.7 Å². The maximum atomic E-state index is 13.2. The SMILES string of the molecule is C#CCNCC(=O)Cc1c(F)cccc1F. The second-order valence-corrected chi connectivity index (χ2v) is 3.22. The molecule has 0 fully saturated rings. The molecule has 0 aliphatic carbocycles. The molecule has 0 aliphatic rings. The minimum atomic E-state index is -0.703. The standard InChI is InChI=1S/C12H11F2NO/c1-2-6-15-8-9(16)7-10-11(13)4-3-5-12(10)14/h1,3-5,15H,6-8H2. The molecule has 0 heterocycles. The van der Waals surface area contributed by atoms with Crippen molar-refractivity contribution in [1.29, 1.82) is 0 Å². The summed E-state index contributed by atoms with van der Waals surface area (Å²) in [6, 6.07) is 3.51. The van der Waals surface area contributed by atoms with Crippen molar-refractivity contribution in [2.24, 2.45) is 0 Å². The van der Waals surface area contributed by atoms with Gasteiger partial charge in [0.1, 0.15) is 11.6 Å². The molecule has 0 bridgehead atoms. The lowest BCUT2D eigenvalue weighted by molar-refractivity contribution is -0.117. The van der Waals surface area contributed by atoms with Crippen LogP contribution in [0, 0.1) is 24.0 Å². The normalized spacial score (nSPS) is 9.81. The number of Topliss-reactive ketones (excluding diaryl/α,β-unsaturated/α-hetero) is 1. The molecule has 2 nitrogen and oxygen atoms in total. The number of rotatable bonds is 5. The molecule has 0 aromatic heterocycles. The molecule has 0 aliphatic heterocycles. The van der Waals surface area contributed by atoms with Crippen molar-refractivity contribution in [2.75, 3.05) is 13.1 Å². The third-order valence-electron chi connectivity index (χ3n) is 1.98. The summed E-state index contributed by atoms with van der Waals surface area (Å²) in [7, 11) is 0. The average Bonchev–Trinajstić information content (AvgIpc) is 2.24. The van der Waals surface area contributed by atoms with Crippen LogP contribution < -0.4 is 5.32 Å². The molecule has 84 valence electrons. The minimum Gasteiger partial charge on any atom is -0.299 e. The topological polar surface area (TPSA) is 29.1 Å². The first-order valence-corrected chi connectivity index (χ1v) is 4.74. The van der Waals surface area contributed by atoms with Gasteiger partial charge in [0, 0.05) is 12.0 Å². The van der Waals surface area contributed by atoms with Crippen LogP contribution >= 0.6 is 0 Å². The van der Waals surface area contributed by atoms with Crippen molar-refractivity contribution in [1.82, 2.24) is 5.32 Å². The van der Waals surface area contributed by atoms with Crippen LogP contribution in [0.25, 0.3) is 0 Å². The zero-order valence-electron chi connectivity index (χ0n) is 8.59. The van der Waals surface area contributed by atoms with Gasteiger partial charge >= 0.3 is 0 Å². The van der Waals surface area contributed by atoms with Gasteiger partial charge in [-0.25, -0.2) is 8.78 Å². The van der Waals surface area contributed by atoms with Crippen molar-refractivity contribution in [2.45, 2.75) is 6.42 Å². The molecular formula is C12H11F2NO. The van der Waals surface area contributed by atoms with Gasteiger partial charge in [-0.3, -0.25) is 10.1 Å². The Bertz CT molecular complexity index is 403. The highest BCUT2D eigenvalue weighted by Gasteiger charge is 2.12. The predicted molar refractivity (Wildman–Crippen MR) is 56.8 cm³/mol. The highest BCUT2D eigenvalue weighted by Crippen LogP contribution is 2.12. The number of carbonyl (C=O) groups excluding carboxylic acids is 1. The van der Waals surface area contributed by atoms with Crippen LogP contribution in [0.5, 0.6) is 0 Å². The van der Waals surface area contributed by atoms with Crippen molar-refractivity contribution in [3.63, 3.8) is 0 Å². The lowest BCUT2D eigenvalue weighted by Gasteiger charge is -2.04. The van der Waals surface area contributed by atoms with Gasteiger partial charge in [0.15, 0.2) is 5.78 Å². The van der Waals surface area contributed by atoms with Gasteiger partial charge in [-0.05, 0) is 12.1 Å². The van der Waals surface area contributed by atoms with E-state index in [1.165, 1.54) is 6.07 Å². The number of terminal acetylenes is 1. The van der Waals surface area contributed by atoms with Gasteiger partial charge in [0.25, 0.3) is 0 Å². The maximum Gasteiger partial charge on any atom is 0.151 e. The molecule has 1 aromatic carbocycles. The highest BCUT2D eigenvalue weighted by atomic mass is 19.1. The fraction of sp³-hybridized carbons (Fsp3) is 0.250. The highest BCUT2D eigenvalue weighted by molar-refractivity contribution is 5.82. The molecule has 16 heavy (non-hydrogen) atoms.